The van der Waals surface area contributed by atoms with E-state index in [-0.39, 0.29) is 17.6 Å². The first-order valence-corrected chi connectivity index (χ1v) is 16.8. The van der Waals surface area contributed by atoms with E-state index < -0.39 is 11.3 Å². The first-order chi connectivity index (χ1) is 22.4. The number of aromatic nitrogens is 3. The Hall–Kier alpha value is -4.28. The molecule has 244 valence electrons. The highest BCUT2D eigenvalue weighted by atomic mass is 16.5. The number of fused-ring (bicyclic) bond motifs is 2. The first-order valence-electron chi connectivity index (χ1n) is 16.8. The Bertz CT molecular complexity index is 1940. The van der Waals surface area contributed by atoms with Crippen molar-refractivity contribution in [1.29, 1.82) is 0 Å². The molecule has 1 saturated heterocycles. The molecule has 4 aromatic rings. The molecule has 0 unspecified atom stereocenters. The zero-order valence-corrected chi connectivity index (χ0v) is 27.8. The molecule has 4 heterocycles. The molecule has 2 aromatic carbocycles. The lowest BCUT2D eigenvalue weighted by Crippen LogP contribution is -2.60. The Morgan fingerprint density at radius 1 is 1.02 bits per heavy atom. The molecule has 10 nitrogen and oxygen atoms in total. The number of ether oxygens (including phenoxy) is 1. The predicted octanol–water partition coefficient (Wildman–Crippen LogP) is 5.85. The zero-order chi connectivity index (χ0) is 32.8. The van der Waals surface area contributed by atoms with Crippen molar-refractivity contribution in [2.45, 2.75) is 89.4 Å². The lowest BCUT2D eigenvalue weighted by molar-refractivity contribution is -0.124. The SMILES string of the molecule is Cc1ccc(Nc2nc(-c3ccc4c(c3)N(C3CC(N5CCOC(C)(C)C5)C3)C(=O)C4(C)C)cc3ncn(C4CC4)c23)cc1C(N)=O. The molecule has 2 saturated carbocycles. The number of morpholine rings is 1. The Labute approximate surface area is 275 Å². The van der Waals surface area contributed by atoms with E-state index in [2.05, 4.69) is 51.7 Å². The number of nitrogens with one attached hydrogen (secondary N) is 1. The van der Waals surface area contributed by atoms with Crippen molar-refractivity contribution in [3.05, 3.63) is 65.5 Å². The highest BCUT2D eigenvalue weighted by Crippen LogP contribution is 2.48. The maximum atomic E-state index is 14.0. The van der Waals surface area contributed by atoms with Gasteiger partial charge in [0.15, 0.2) is 5.82 Å². The minimum Gasteiger partial charge on any atom is -0.373 e. The van der Waals surface area contributed by atoms with Crippen molar-refractivity contribution in [3.8, 4) is 11.3 Å². The summed E-state index contributed by atoms with van der Waals surface area (Å²) in [6.45, 7) is 12.9. The molecule has 0 bridgehead atoms. The van der Waals surface area contributed by atoms with Crippen molar-refractivity contribution in [1.82, 2.24) is 19.4 Å². The zero-order valence-electron chi connectivity index (χ0n) is 27.8. The molecule has 0 atom stereocenters. The second-order valence-corrected chi connectivity index (χ2v) is 15.0. The van der Waals surface area contributed by atoms with Crippen molar-refractivity contribution in [3.63, 3.8) is 0 Å². The van der Waals surface area contributed by atoms with Crippen LogP contribution < -0.4 is 16.0 Å². The van der Waals surface area contributed by atoms with Gasteiger partial charge >= 0.3 is 0 Å². The van der Waals surface area contributed by atoms with Gasteiger partial charge in [-0.25, -0.2) is 9.97 Å². The van der Waals surface area contributed by atoms with Crippen LogP contribution in [0.15, 0.2) is 48.8 Å². The van der Waals surface area contributed by atoms with Crippen LogP contribution in [-0.2, 0) is 14.9 Å². The van der Waals surface area contributed by atoms with Crippen LogP contribution >= 0.6 is 0 Å². The van der Waals surface area contributed by atoms with E-state index in [0.29, 0.717) is 23.5 Å². The van der Waals surface area contributed by atoms with E-state index in [1.54, 1.807) is 6.07 Å². The minimum atomic E-state index is -0.601. The largest absolute Gasteiger partial charge is 0.373 e. The second-order valence-electron chi connectivity index (χ2n) is 15.0. The van der Waals surface area contributed by atoms with Gasteiger partial charge in [-0.2, -0.15) is 0 Å². The summed E-state index contributed by atoms with van der Waals surface area (Å²) in [6.07, 6.45) is 6.04. The standard InChI is InChI=1S/C37H43N7O3/c1-21-6-8-23(15-27(21)33(38)45)40-34-32-30(39-20-43(32)24-9-10-24)18-29(41-34)22-7-11-28-31(14-22)44(35(46)37(28,4)5)26-16-25(17-26)42-12-13-47-36(2,3)19-42/h6-8,11,14-15,18,20,24-26H,9-10,12-13,16-17,19H2,1-5H3,(H2,38,45)(H,40,41). The average molecular weight is 634 g/mol. The minimum absolute atomic E-state index is 0.143. The molecule has 2 aliphatic carbocycles. The number of nitrogens with two attached hydrogens (primary N) is 1. The number of hydrogen-bond acceptors (Lipinski definition) is 7. The second kappa shape index (κ2) is 10.6. The van der Waals surface area contributed by atoms with E-state index >= 15 is 0 Å². The van der Waals surface area contributed by atoms with Crippen LogP contribution in [0.25, 0.3) is 22.3 Å². The number of hydrogen-bond donors (Lipinski definition) is 2. The molecule has 0 radical (unpaired) electrons. The van der Waals surface area contributed by atoms with Gasteiger partial charge in [0, 0.05) is 53.7 Å². The summed E-state index contributed by atoms with van der Waals surface area (Å²) >= 11 is 0. The smallest absolute Gasteiger partial charge is 0.249 e. The number of nitrogens with zero attached hydrogens (tertiary/aromatic N) is 5. The van der Waals surface area contributed by atoms with Gasteiger partial charge in [0.2, 0.25) is 11.8 Å². The molecule has 10 heteroatoms. The third-order valence-corrected chi connectivity index (χ3v) is 10.7. The fourth-order valence-corrected chi connectivity index (χ4v) is 7.77. The van der Waals surface area contributed by atoms with Gasteiger partial charge in [0.05, 0.1) is 35.2 Å². The van der Waals surface area contributed by atoms with Crippen LogP contribution in [0.1, 0.15) is 80.9 Å². The summed E-state index contributed by atoms with van der Waals surface area (Å²) in [5.41, 5.74) is 12.5. The Morgan fingerprint density at radius 3 is 2.53 bits per heavy atom. The van der Waals surface area contributed by atoms with Gasteiger partial charge in [0.1, 0.15) is 5.52 Å². The van der Waals surface area contributed by atoms with Crippen LogP contribution in [0, 0.1) is 6.92 Å². The molecule has 3 N–H and O–H groups in total. The molecule has 3 fully saturated rings. The summed E-state index contributed by atoms with van der Waals surface area (Å²) in [7, 11) is 0. The van der Waals surface area contributed by atoms with E-state index in [9.17, 15) is 9.59 Å². The number of pyridine rings is 1. The van der Waals surface area contributed by atoms with Gasteiger partial charge in [0.25, 0.3) is 0 Å². The molecular weight excluding hydrogens is 590 g/mol. The third kappa shape index (κ3) is 5.09. The van der Waals surface area contributed by atoms with E-state index in [4.69, 9.17) is 20.4 Å². The number of imidazole rings is 1. The summed E-state index contributed by atoms with van der Waals surface area (Å²) < 4.78 is 8.15. The van der Waals surface area contributed by atoms with E-state index in [1.807, 2.05) is 45.3 Å². The van der Waals surface area contributed by atoms with Crippen LogP contribution in [0.3, 0.4) is 0 Å². The first kappa shape index (κ1) is 30.1. The predicted molar refractivity (Wildman–Crippen MR) is 183 cm³/mol. The van der Waals surface area contributed by atoms with Crippen LogP contribution in [0.5, 0.6) is 0 Å². The Kier molecular flexibility index (Phi) is 6.79. The highest BCUT2D eigenvalue weighted by Gasteiger charge is 2.50. The van der Waals surface area contributed by atoms with Gasteiger partial charge in [-0.15, -0.1) is 0 Å². The number of aryl methyl sites for hydroxylation is 1. The quantitative estimate of drug-likeness (QED) is 0.262. The fourth-order valence-electron chi connectivity index (χ4n) is 7.77. The summed E-state index contributed by atoms with van der Waals surface area (Å²) in [5.74, 6) is 0.368. The molecule has 2 aliphatic heterocycles. The summed E-state index contributed by atoms with van der Waals surface area (Å²) in [4.78, 5) is 40.7. The Morgan fingerprint density at radius 2 is 1.81 bits per heavy atom. The number of carbonyl (C=O) groups is 2. The maximum Gasteiger partial charge on any atom is 0.249 e. The van der Waals surface area contributed by atoms with Gasteiger partial charge in [-0.1, -0.05) is 18.2 Å². The lowest BCUT2D eigenvalue weighted by atomic mass is 9.82. The number of primary amides is 1. The molecular formula is C37H43N7O3. The van der Waals surface area contributed by atoms with Crippen LogP contribution in [-0.4, -0.2) is 68.6 Å². The molecule has 8 rings (SSSR count). The van der Waals surface area contributed by atoms with Crippen molar-refractivity contribution in [2.75, 3.05) is 29.9 Å². The van der Waals surface area contributed by atoms with Crippen molar-refractivity contribution < 1.29 is 14.3 Å². The van der Waals surface area contributed by atoms with Crippen molar-refractivity contribution >= 4 is 40.0 Å². The molecule has 47 heavy (non-hydrogen) atoms. The summed E-state index contributed by atoms with van der Waals surface area (Å²) in [6, 6.07) is 15.0. The molecule has 2 amide bonds. The number of amides is 2. The van der Waals surface area contributed by atoms with Crippen LogP contribution in [0.2, 0.25) is 0 Å². The maximum absolute atomic E-state index is 14.0. The number of rotatable bonds is 7. The average Bonchev–Trinajstić information content (AvgIpc) is 3.72. The normalized spacial score (nSPS) is 23.5. The molecule has 4 aliphatic rings. The van der Waals surface area contributed by atoms with Crippen LogP contribution in [0.4, 0.5) is 17.2 Å². The van der Waals surface area contributed by atoms with Gasteiger partial charge < -0.3 is 25.3 Å². The topological polar surface area (TPSA) is 119 Å². The fraction of sp³-hybridized carbons (Fsp3) is 0.459. The number of anilines is 3. The van der Waals surface area contributed by atoms with Gasteiger partial charge in [-0.3, -0.25) is 14.5 Å². The Balaban J connectivity index is 1.15. The molecule has 2 aromatic heterocycles. The highest BCUT2D eigenvalue weighted by molar-refractivity contribution is 6.09. The van der Waals surface area contributed by atoms with Crippen molar-refractivity contribution in [2.24, 2.45) is 5.73 Å². The monoisotopic (exact) mass is 633 g/mol. The lowest BCUT2D eigenvalue weighted by Gasteiger charge is -2.50. The van der Waals surface area contributed by atoms with E-state index in [1.165, 1.54) is 0 Å². The number of benzene rings is 2. The number of carbonyl (C=O) groups excluding carboxylic acids is 2. The van der Waals surface area contributed by atoms with Gasteiger partial charge in [-0.05, 0) is 95.7 Å². The molecule has 0 spiro atoms. The van der Waals surface area contributed by atoms with E-state index in [0.717, 1.165) is 90.2 Å². The summed E-state index contributed by atoms with van der Waals surface area (Å²) in [5, 5.41) is 3.49. The third-order valence-electron chi connectivity index (χ3n) is 10.7.